The molecule has 1 saturated carbocycles. The van der Waals surface area contributed by atoms with E-state index in [0.717, 1.165) is 54.1 Å². The van der Waals surface area contributed by atoms with Crippen LogP contribution in [0, 0.1) is 5.92 Å². The van der Waals surface area contributed by atoms with Gasteiger partial charge in [-0.3, -0.25) is 9.59 Å². The zero-order valence-corrected chi connectivity index (χ0v) is 27.3. The molecule has 1 fully saturated rings. The topological polar surface area (TPSA) is 109 Å². The normalized spacial score (nSPS) is 15.5. The summed E-state index contributed by atoms with van der Waals surface area (Å²) in [4.78, 5) is 37.6. The summed E-state index contributed by atoms with van der Waals surface area (Å²) in [5, 5.41) is 3.03. The summed E-state index contributed by atoms with van der Waals surface area (Å²) in [6, 6.07) is 30.0. The van der Waals surface area contributed by atoms with Gasteiger partial charge in [-0.05, 0) is 97.8 Å². The molecule has 1 aliphatic carbocycles. The number of ether oxygens (including phenoxy) is 5. The molecule has 0 radical (unpaired) electrons. The summed E-state index contributed by atoms with van der Waals surface area (Å²) >= 11 is 0. The Kier molecular flexibility index (Phi) is 12.1. The lowest BCUT2D eigenvalue weighted by atomic mass is 9.85. The molecule has 0 saturated heterocycles. The molecule has 4 aromatic rings. The van der Waals surface area contributed by atoms with Gasteiger partial charge in [0.25, 0.3) is 5.91 Å². The van der Waals surface area contributed by atoms with Crippen molar-refractivity contribution < 1.29 is 38.1 Å². The van der Waals surface area contributed by atoms with Gasteiger partial charge in [0.05, 0.1) is 37.9 Å². The van der Waals surface area contributed by atoms with Gasteiger partial charge in [-0.1, -0.05) is 48.9 Å². The first kappa shape index (κ1) is 34.0. The molecular formula is C39H41NO8. The van der Waals surface area contributed by atoms with Crippen molar-refractivity contribution >= 4 is 17.8 Å². The minimum atomic E-state index is -0.544. The van der Waals surface area contributed by atoms with Crippen LogP contribution in [-0.2, 0) is 27.3 Å². The van der Waals surface area contributed by atoms with E-state index >= 15 is 0 Å². The first-order valence-electron chi connectivity index (χ1n) is 16.2. The van der Waals surface area contributed by atoms with Crippen molar-refractivity contribution in [1.29, 1.82) is 0 Å². The van der Waals surface area contributed by atoms with Gasteiger partial charge in [-0.15, -0.1) is 0 Å². The fourth-order valence-electron chi connectivity index (χ4n) is 5.70. The molecular weight excluding hydrogens is 610 g/mol. The highest BCUT2D eigenvalue weighted by Crippen LogP contribution is 2.27. The molecule has 5 rings (SSSR count). The average molecular weight is 652 g/mol. The Labute approximate surface area is 281 Å². The zero-order chi connectivity index (χ0) is 33.7. The first-order valence-corrected chi connectivity index (χ1v) is 16.2. The van der Waals surface area contributed by atoms with E-state index in [2.05, 4.69) is 5.32 Å². The van der Waals surface area contributed by atoms with E-state index in [1.165, 1.54) is 20.3 Å². The van der Waals surface area contributed by atoms with Crippen LogP contribution in [0.15, 0.2) is 97.1 Å². The van der Waals surface area contributed by atoms with Crippen molar-refractivity contribution in [2.75, 3.05) is 20.8 Å². The van der Waals surface area contributed by atoms with Crippen LogP contribution in [-0.4, -0.2) is 44.7 Å². The van der Waals surface area contributed by atoms with Gasteiger partial charge in [0, 0.05) is 6.04 Å². The Morgan fingerprint density at radius 3 is 2.19 bits per heavy atom. The second kappa shape index (κ2) is 17.0. The van der Waals surface area contributed by atoms with Gasteiger partial charge < -0.3 is 29.0 Å². The van der Waals surface area contributed by atoms with Crippen molar-refractivity contribution in [2.45, 2.75) is 51.2 Å². The Bertz CT molecular complexity index is 1650. The van der Waals surface area contributed by atoms with Crippen LogP contribution in [0.1, 0.15) is 63.9 Å². The van der Waals surface area contributed by atoms with Crippen molar-refractivity contribution in [3.63, 3.8) is 0 Å². The number of amides is 1. The van der Waals surface area contributed by atoms with Gasteiger partial charge in [0.15, 0.2) is 0 Å². The molecule has 2 unspecified atom stereocenters. The van der Waals surface area contributed by atoms with Crippen LogP contribution in [0.5, 0.6) is 23.0 Å². The van der Waals surface area contributed by atoms with Crippen molar-refractivity contribution in [3.05, 3.63) is 119 Å². The van der Waals surface area contributed by atoms with Crippen LogP contribution in [0.3, 0.4) is 0 Å². The van der Waals surface area contributed by atoms with Crippen LogP contribution in [0.2, 0.25) is 0 Å². The number of aryl methyl sites for hydroxylation is 1. The highest BCUT2D eigenvalue weighted by Gasteiger charge is 2.29. The molecule has 0 spiro atoms. The molecule has 0 bridgehead atoms. The van der Waals surface area contributed by atoms with E-state index in [9.17, 15) is 14.4 Å². The third kappa shape index (κ3) is 9.61. The predicted octanol–water partition coefficient (Wildman–Crippen LogP) is 7.32. The monoisotopic (exact) mass is 651 g/mol. The predicted molar refractivity (Wildman–Crippen MR) is 181 cm³/mol. The second-order valence-corrected chi connectivity index (χ2v) is 11.7. The summed E-state index contributed by atoms with van der Waals surface area (Å²) in [7, 11) is 2.67. The Balaban J connectivity index is 1.10. The molecule has 9 heteroatoms. The van der Waals surface area contributed by atoms with Gasteiger partial charge in [-0.25, -0.2) is 4.79 Å². The maximum atomic E-state index is 13.4. The van der Waals surface area contributed by atoms with E-state index in [1.54, 1.807) is 12.1 Å². The van der Waals surface area contributed by atoms with Gasteiger partial charge in [0.2, 0.25) is 0 Å². The van der Waals surface area contributed by atoms with E-state index in [-0.39, 0.29) is 35.0 Å². The quantitative estimate of drug-likeness (QED) is 0.112. The number of carbonyl (C=O) groups excluding carboxylic acids is 3. The third-order valence-electron chi connectivity index (χ3n) is 8.29. The molecule has 1 amide bonds. The van der Waals surface area contributed by atoms with Crippen LogP contribution in [0.25, 0.3) is 0 Å². The molecule has 0 heterocycles. The maximum absolute atomic E-state index is 13.4. The Morgan fingerprint density at radius 1 is 0.750 bits per heavy atom. The highest BCUT2D eigenvalue weighted by atomic mass is 16.5. The summed E-state index contributed by atoms with van der Waals surface area (Å²) in [5.74, 6) is 1.30. The number of carbonyl (C=O) groups is 3. The number of rotatable bonds is 14. The Hall–Kier alpha value is -5.31. The summed E-state index contributed by atoms with van der Waals surface area (Å²) in [6.07, 6.45) is 4.29. The number of methoxy groups -OCH3 is 2. The Morgan fingerprint density at radius 2 is 1.46 bits per heavy atom. The standard InChI is InChI=1S/C39H41NO8/c1-44-38(42)29-9-6-10-31(24-29)40-37(41)35-25-30(39(43)45-2)17-22-36(35)46-23-7-8-27-13-18-32(19-14-27)47-26-28-15-20-34(21-16-28)48-33-11-4-3-5-12-33/h3-5,11-22,25,29,31H,6-10,23-24,26H2,1-2H3,(H,40,41). The minimum absolute atomic E-state index is 0.183. The fraction of sp³-hybridized carbons (Fsp3) is 0.308. The third-order valence-corrected chi connectivity index (χ3v) is 8.29. The molecule has 4 aromatic carbocycles. The summed E-state index contributed by atoms with van der Waals surface area (Å²) in [6.45, 7) is 0.810. The van der Waals surface area contributed by atoms with Crippen molar-refractivity contribution in [3.8, 4) is 23.0 Å². The molecule has 0 aromatic heterocycles. The van der Waals surface area contributed by atoms with Gasteiger partial charge >= 0.3 is 11.9 Å². The smallest absolute Gasteiger partial charge is 0.337 e. The van der Waals surface area contributed by atoms with Crippen LogP contribution < -0.4 is 19.5 Å². The lowest BCUT2D eigenvalue weighted by molar-refractivity contribution is -0.146. The fourth-order valence-corrected chi connectivity index (χ4v) is 5.70. The first-order chi connectivity index (χ1) is 23.4. The largest absolute Gasteiger partial charge is 0.493 e. The number of hydrogen-bond acceptors (Lipinski definition) is 8. The highest BCUT2D eigenvalue weighted by molar-refractivity contribution is 6.00. The van der Waals surface area contributed by atoms with Gasteiger partial charge in [0.1, 0.15) is 29.6 Å². The molecule has 0 aliphatic heterocycles. The number of benzene rings is 4. The summed E-state index contributed by atoms with van der Waals surface area (Å²) in [5.41, 5.74) is 2.67. The lowest BCUT2D eigenvalue weighted by Crippen LogP contribution is -2.40. The average Bonchev–Trinajstić information content (AvgIpc) is 3.13. The molecule has 9 nitrogen and oxygen atoms in total. The van der Waals surface area contributed by atoms with E-state index in [4.69, 9.17) is 23.7 Å². The van der Waals surface area contributed by atoms with E-state index in [0.29, 0.717) is 31.8 Å². The second-order valence-electron chi connectivity index (χ2n) is 11.7. The molecule has 1 N–H and O–H groups in total. The number of nitrogens with one attached hydrogen (secondary N) is 1. The van der Waals surface area contributed by atoms with E-state index < -0.39 is 5.97 Å². The molecule has 250 valence electrons. The van der Waals surface area contributed by atoms with E-state index in [1.807, 2.05) is 78.9 Å². The maximum Gasteiger partial charge on any atom is 0.337 e. The van der Waals surface area contributed by atoms with Crippen LogP contribution >= 0.6 is 0 Å². The number of hydrogen-bond donors (Lipinski definition) is 1. The molecule has 1 aliphatic rings. The number of esters is 2. The SMILES string of the molecule is COC(=O)c1ccc(OCCCc2ccc(OCc3ccc(Oc4ccccc4)cc3)cc2)c(C(=O)NC2CCCC(C(=O)OC)C2)c1. The lowest BCUT2D eigenvalue weighted by Gasteiger charge is -2.28. The number of para-hydroxylation sites is 1. The minimum Gasteiger partial charge on any atom is -0.493 e. The molecule has 48 heavy (non-hydrogen) atoms. The molecule has 2 atom stereocenters. The van der Waals surface area contributed by atoms with Crippen molar-refractivity contribution in [1.82, 2.24) is 5.32 Å². The van der Waals surface area contributed by atoms with Crippen LogP contribution in [0.4, 0.5) is 0 Å². The summed E-state index contributed by atoms with van der Waals surface area (Å²) < 4.78 is 27.6. The van der Waals surface area contributed by atoms with Crippen molar-refractivity contribution in [2.24, 2.45) is 5.92 Å². The zero-order valence-electron chi connectivity index (χ0n) is 27.3. The van der Waals surface area contributed by atoms with Gasteiger partial charge in [-0.2, -0.15) is 0 Å².